The number of ether oxygens (including phenoxy) is 1. The van der Waals surface area contributed by atoms with Crippen molar-refractivity contribution in [3.8, 4) is 5.75 Å². The first-order valence-electron chi connectivity index (χ1n) is 8.27. The van der Waals surface area contributed by atoms with Crippen LogP contribution in [0.1, 0.15) is 44.6 Å². The Hall–Kier alpha value is -1.26. The third-order valence-electron chi connectivity index (χ3n) is 4.38. The van der Waals surface area contributed by atoms with E-state index in [1.165, 1.54) is 5.56 Å². The van der Waals surface area contributed by atoms with E-state index in [1.54, 1.807) is 0 Å². The van der Waals surface area contributed by atoms with Gasteiger partial charge in [-0.2, -0.15) is 0 Å². The van der Waals surface area contributed by atoms with Crippen LogP contribution in [0.2, 0.25) is 0 Å². The number of rotatable bonds is 6. The molecule has 0 bridgehead atoms. The number of benzene rings is 1. The number of amides is 1. The highest BCUT2D eigenvalue weighted by Crippen LogP contribution is 2.19. The van der Waals surface area contributed by atoms with E-state index in [0.717, 1.165) is 31.7 Å². The highest BCUT2D eigenvalue weighted by atomic mass is 35.5. The van der Waals surface area contributed by atoms with Crippen molar-refractivity contribution in [1.82, 2.24) is 10.2 Å². The average Bonchev–Trinajstić information content (AvgIpc) is 2.55. The monoisotopic (exact) mass is 340 g/mol. The third kappa shape index (κ3) is 6.04. The van der Waals surface area contributed by atoms with Gasteiger partial charge in [-0.05, 0) is 49.5 Å². The normalized spacial score (nSPS) is 15.1. The van der Waals surface area contributed by atoms with Crippen molar-refractivity contribution < 1.29 is 9.53 Å². The van der Waals surface area contributed by atoms with Gasteiger partial charge in [0.1, 0.15) is 5.75 Å². The first-order chi connectivity index (χ1) is 10.6. The lowest BCUT2D eigenvalue weighted by molar-refractivity contribution is -0.132. The molecule has 1 saturated heterocycles. The summed E-state index contributed by atoms with van der Waals surface area (Å²) in [6.07, 6.45) is 2.52. The quantitative estimate of drug-likeness (QED) is 0.864. The maximum atomic E-state index is 12.2. The number of nitrogens with one attached hydrogen (secondary N) is 1. The summed E-state index contributed by atoms with van der Waals surface area (Å²) in [4.78, 5) is 14.1. The van der Waals surface area contributed by atoms with Gasteiger partial charge in [0.15, 0.2) is 0 Å². The molecule has 0 atom stereocenters. The highest BCUT2D eigenvalue weighted by Gasteiger charge is 2.21. The zero-order chi connectivity index (χ0) is 15.9. The maximum Gasteiger partial charge on any atom is 0.225 e. The summed E-state index contributed by atoms with van der Waals surface area (Å²) in [5.74, 6) is 1.53. The molecule has 5 heteroatoms. The number of nitrogens with zero attached hydrogens (tertiary/aromatic N) is 1. The molecule has 1 aliphatic rings. The van der Waals surface area contributed by atoms with Gasteiger partial charge in [0.25, 0.3) is 0 Å². The predicted molar refractivity (Wildman–Crippen MR) is 96.6 cm³/mol. The van der Waals surface area contributed by atoms with Crippen molar-refractivity contribution in [2.24, 2.45) is 0 Å². The summed E-state index contributed by atoms with van der Waals surface area (Å²) in [6.45, 7) is 6.79. The molecule has 130 valence electrons. The van der Waals surface area contributed by atoms with E-state index in [9.17, 15) is 4.79 Å². The van der Waals surface area contributed by atoms with E-state index in [2.05, 4.69) is 31.3 Å². The molecule has 1 aromatic rings. The fourth-order valence-electron chi connectivity index (χ4n) is 2.78. The van der Waals surface area contributed by atoms with Gasteiger partial charge >= 0.3 is 0 Å². The number of carbonyl (C=O) groups excluding carboxylic acids is 1. The van der Waals surface area contributed by atoms with Gasteiger partial charge in [-0.25, -0.2) is 0 Å². The van der Waals surface area contributed by atoms with Crippen molar-refractivity contribution in [2.45, 2.75) is 45.1 Å². The molecule has 1 fully saturated rings. The van der Waals surface area contributed by atoms with Crippen molar-refractivity contribution in [1.29, 1.82) is 0 Å². The molecule has 23 heavy (non-hydrogen) atoms. The van der Waals surface area contributed by atoms with Crippen molar-refractivity contribution in [3.05, 3.63) is 29.8 Å². The lowest BCUT2D eigenvalue weighted by Crippen LogP contribution is -2.44. The summed E-state index contributed by atoms with van der Waals surface area (Å²) < 4.78 is 5.69. The molecular weight excluding hydrogens is 312 g/mol. The topological polar surface area (TPSA) is 41.6 Å². The predicted octanol–water partition coefficient (Wildman–Crippen LogP) is 3.21. The Bertz CT molecular complexity index is 470. The fraction of sp³-hybridized carbons (Fsp3) is 0.611. The zero-order valence-electron chi connectivity index (χ0n) is 14.4. The van der Waals surface area contributed by atoms with Crippen LogP contribution in [0.5, 0.6) is 5.75 Å². The second-order valence-electron chi connectivity index (χ2n) is 6.31. The molecule has 0 aliphatic carbocycles. The average molecular weight is 341 g/mol. The number of carbonyl (C=O) groups is 1. The van der Waals surface area contributed by atoms with Crippen LogP contribution in [0.3, 0.4) is 0 Å². The molecule has 0 spiro atoms. The summed E-state index contributed by atoms with van der Waals surface area (Å²) in [5.41, 5.74) is 1.30. The second-order valence-corrected chi connectivity index (χ2v) is 6.31. The van der Waals surface area contributed by atoms with E-state index < -0.39 is 0 Å². The molecule has 1 aliphatic heterocycles. The molecule has 1 amide bonds. The molecule has 1 N–H and O–H groups in total. The number of hydrogen-bond donors (Lipinski definition) is 1. The number of hydrogen-bond acceptors (Lipinski definition) is 3. The van der Waals surface area contributed by atoms with Gasteiger partial charge in [0.2, 0.25) is 5.91 Å². The molecule has 1 aromatic carbocycles. The van der Waals surface area contributed by atoms with E-state index >= 15 is 0 Å². The van der Waals surface area contributed by atoms with E-state index in [0.29, 0.717) is 25.0 Å². The van der Waals surface area contributed by atoms with Crippen LogP contribution < -0.4 is 10.1 Å². The summed E-state index contributed by atoms with van der Waals surface area (Å²) >= 11 is 0. The van der Waals surface area contributed by atoms with Crippen LogP contribution in [-0.2, 0) is 4.79 Å². The van der Waals surface area contributed by atoms with Crippen LogP contribution in [-0.4, -0.2) is 43.6 Å². The first kappa shape index (κ1) is 19.8. The Morgan fingerprint density at radius 3 is 2.43 bits per heavy atom. The van der Waals surface area contributed by atoms with Crippen LogP contribution >= 0.6 is 12.4 Å². The molecule has 1 heterocycles. The van der Waals surface area contributed by atoms with Gasteiger partial charge in [0, 0.05) is 13.1 Å². The molecular formula is C18H29ClN2O2. The lowest BCUT2D eigenvalue weighted by Gasteiger charge is -2.31. The van der Waals surface area contributed by atoms with Crippen molar-refractivity contribution in [3.63, 3.8) is 0 Å². The van der Waals surface area contributed by atoms with Crippen LogP contribution in [0.4, 0.5) is 0 Å². The summed E-state index contributed by atoms with van der Waals surface area (Å²) in [5, 5.41) is 3.32. The Labute approximate surface area is 146 Å². The minimum Gasteiger partial charge on any atom is -0.493 e. The minimum absolute atomic E-state index is 0. The fourth-order valence-corrected chi connectivity index (χ4v) is 2.78. The van der Waals surface area contributed by atoms with Crippen LogP contribution in [0, 0.1) is 0 Å². The summed E-state index contributed by atoms with van der Waals surface area (Å²) in [6, 6.07) is 8.51. The SMILES string of the molecule is CC(C)c1ccc(OCCC(=O)N(C)C2CCNCC2)cc1.Cl. The van der Waals surface area contributed by atoms with Crippen molar-refractivity contribution in [2.75, 3.05) is 26.7 Å². The molecule has 0 radical (unpaired) electrons. The molecule has 0 unspecified atom stereocenters. The molecule has 0 saturated carbocycles. The zero-order valence-corrected chi connectivity index (χ0v) is 15.2. The number of piperidine rings is 1. The Kier molecular flexibility index (Phi) is 8.42. The van der Waals surface area contributed by atoms with E-state index in [1.807, 2.05) is 24.1 Å². The lowest BCUT2D eigenvalue weighted by atomic mass is 10.0. The smallest absolute Gasteiger partial charge is 0.225 e. The number of halogens is 1. The highest BCUT2D eigenvalue weighted by molar-refractivity contribution is 5.85. The van der Waals surface area contributed by atoms with Crippen LogP contribution in [0.15, 0.2) is 24.3 Å². The first-order valence-corrected chi connectivity index (χ1v) is 8.27. The van der Waals surface area contributed by atoms with Gasteiger partial charge in [-0.1, -0.05) is 26.0 Å². The van der Waals surface area contributed by atoms with Gasteiger partial charge in [-0.15, -0.1) is 12.4 Å². The summed E-state index contributed by atoms with van der Waals surface area (Å²) in [7, 11) is 1.91. The van der Waals surface area contributed by atoms with E-state index in [-0.39, 0.29) is 18.3 Å². The standard InChI is InChI=1S/C18H28N2O2.ClH/c1-14(2)15-4-6-17(7-5-15)22-13-10-18(21)20(3)16-8-11-19-12-9-16;/h4-7,14,16,19H,8-13H2,1-3H3;1H. The Morgan fingerprint density at radius 2 is 1.87 bits per heavy atom. The van der Waals surface area contributed by atoms with Crippen molar-refractivity contribution >= 4 is 18.3 Å². The van der Waals surface area contributed by atoms with E-state index in [4.69, 9.17) is 4.74 Å². The molecule has 4 nitrogen and oxygen atoms in total. The van der Waals surface area contributed by atoms with Gasteiger partial charge in [0.05, 0.1) is 13.0 Å². The van der Waals surface area contributed by atoms with Gasteiger partial charge < -0.3 is 15.0 Å². The maximum absolute atomic E-state index is 12.2. The molecule has 2 rings (SSSR count). The van der Waals surface area contributed by atoms with Gasteiger partial charge in [-0.3, -0.25) is 4.79 Å². The molecule has 0 aromatic heterocycles. The van der Waals surface area contributed by atoms with Crippen LogP contribution in [0.25, 0.3) is 0 Å². The minimum atomic E-state index is 0. The second kappa shape index (κ2) is 9.78. The largest absolute Gasteiger partial charge is 0.493 e. The third-order valence-corrected chi connectivity index (χ3v) is 4.38. The Balaban J connectivity index is 0.00000264. The Morgan fingerprint density at radius 1 is 1.26 bits per heavy atom.